The normalized spacial score (nSPS) is 12.8. The molecule has 0 aromatic heterocycles. The van der Waals surface area contributed by atoms with Crippen LogP contribution in [0.1, 0.15) is 57.2 Å². The number of rotatable bonds is 3. The molecule has 0 saturated carbocycles. The van der Waals surface area contributed by atoms with Crippen LogP contribution in [0.5, 0.6) is 11.5 Å². The number of carbonyl (C=O) groups excluding carboxylic acids is 4. The van der Waals surface area contributed by atoms with Gasteiger partial charge in [0, 0.05) is 16.7 Å². The molecule has 1 aliphatic rings. The Morgan fingerprint density at radius 3 is 1.84 bits per heavy atom. The lowest BCUT2D eigenvalue weighted by Crippen LogP contribution is -2.23. The summed E-state index contributed by atoms with van der Waals surface area (Å²) in [6, 6.07) is 7.05. The van der Waals surface area contributed by atoms with Crippen molar-refractivity contribution in [3.63, 3.8) is 0 Å². The molecule has 2 aromatic rings. The highest BCUT2D eigenvalue weighted by atomic mass is 16.3. The second-order valence-corrected chi connectivity index (χ2v) is 5.94. The van der Waals surface area contributed by atoms with Gasteiger partial charge in [0.05, 0.1) is 11.1 Å². The SMILES string of the molecule is CC(=O)C(C(C)=O)c1cc(O)c2c(c1O)C(=O)c1ccccc1C2=O. The van der Waals surface area contributed by atoms with Crippen LogP contribution in [-0.4, -0.2) is 33.3 Å². The van der Waals surface area contributed by atoms with E-state index in [0.29, 0.717) is 0 Å². The van der Waals surface area contributed by atoms with Crippen LogP contribution in [-0.2, 0) is 9.59 Å². The van der Waals surface area contributed by atoms with Crippen molar-refractivity contribution in [1.82, 2.24) is 0 Å². The Balaban J connectivity index is 2.34. The van der Waals surface area contributed by atoms with Crippen LogP contribution >= 0.6 is 0 Å². The Morgan fingerprint density at radius 1 is 0.880 bits per heavy atom. The van der Waals surface area contributed by atoms with Crippen molar-refractivity contribution in [2.24, 2.45) is 0 Å². The molecular weight excluding hydrogens is 324 g/mol. The fourth-order valence-corrected chi connectivity index (χ4v) is 3.22. The fraction of sp³-hybridized carbons (Fsp3) is 0.158. The van der Waals surface area contributed by atoms with Gasteiger partial charge in [-0.3, -0.25) is 19.2 Å². The zero-order chi connectivity index (χ0) is 18.5. The van der Waals surface area contributed by atoms with Crippen LogP contribution in [0.25, 0.3) is 0 Å². The molecule has 6 nitrogen and oxygen atoms in total. The van der Waals surface area contributed by atoms with E-state index in [1.807, 2.05) is 0 Å². The maximum atomic E-state index is 12.7. The molecule has 0 fully saturated rings. The number of hydrogen-bond donors (Lipinski definition) is 2. The minimum absolute atomic E-state index is 0.0917. The lowest BCUT2D eigenvalue weighted by atomic mass is 9.79. The first kappa shape index (κ1) is 16.6. The molecule has 3 rings (SSSR count). The summed E-state index contributed by atoms with van der Waals surface area (Å²) in [5.74, 6) is -4.85. The quantitative estimate of drug-likeness (QED) is 0.559. The van der Waals surface area contributed by atoms with Gasteiger partial charge in [0.15, 0.2) is 11.6 Å². The average molecular weight is 338 g/mol. The first-order valence-electron chi connectivity index (χ1n) is 7.53. The van der Waals surface area contributed by atoms with E-state index >= 15 is 0 Å². The molecule has 1 aliphatic carbocycles. The highest BCUT2D eigenvalue weighted by Crippen LogP contribution is 2.42. The molecule has 2 aromatic carbocycles. The number of phenolic OH excluding ortho intramolecular Hbond substituents is 2. The molecule has 0 bridgehead atoms. The molecular formula is C19H14O6. The van der Waals surface area contributed by atoms with Gasteiger partial charge in [-0.2, -0.15) is 0 Å². The summed E-state index contributed by atoms with van der Waals surface area (Å²) in [4.78, 5) is 49.0. The van der Waals surface area contributed by atoms with Crippen molar-refractivity contribution in [2.45, 2.75) is 19.8 Å². The first-order valence-corrected chi connectivity index (χ1v) is 7.53. The molecule has 25 heavy (non-hydrogen) atoms. The highest BCUT2D eigenvalue weighted by molar-refractivity contribution is 6.30. The summed E-state index contributed by atoms with van der Waals surface area (Å²) in [6.07, 6.45) is 0. The number of hydrogen-bond acceptors (Lipinski definition) is 6. The fourth-order valence-electron chi connectivity index (χ4n) is 3.22. The van der Waals surface area contributed by atoms with Gasteiger partial charge >= 0.3 is 0 Å². The van der Waals surface area contributed by atoms with E-state index in [-0.39, 0.29) is 27.8 Å². The Labute approximate surface area is 142 Å². The maximum Gasteiger partial charge on any atom is 0.198 e. The smallest absolute Gasteiger partial charge is 0.198 e. The van der Waals surface area contributed by atoms with Crippen molar-refractivity contribution in [2.75, 3.05) is 0 Å². The van der Waals surface area contributed by atoms with Gasteiger partial charge in [0.1, 0.15) is 29.0 Å². The molecule has 0 radical (unpaired) electrons. The van der Waals surface area contributed by atoms with Gasteiger partial charge in [-0.1, -0.05) is 24.3 Å². The van der Waals surface area contributed by atoms with Crippen LogP contribution in [0.3, 0.4) is 0 Å². The van der Waals surface area contributed by atoms with Crippen LogP contribution in [0.15, 0.2) is 30.3 Å². The van der Waals surface area contributed by atoms with E-state index in [9.17, 15) is 29.4 Å². The predicted octanol–water partition coefficient (Wildman–Crippen LogP) is 2.13. The zero-order valence-corrected chi connectivity index (χ0v) is 13.5. The second-order valence-electron chi connectivity index (χ2n) is 5.94. The van der Waals surface area contributed by atoms with Crippen molar-refractivity contribution in [3.8, 4) is 11.5 Å². The minimum Gasteiger partial charge on any atom is -0.507 e. The van der Waals surface area contributed by atoms with Crippen LogP contribution in [0.2, 0.25) is 0 Å². The average Bonchev–Trinajstić information content (AvgIpc) is 2.55. The molecule has 2 N–H and O–H groups in total. The summed E-state index contributed by atoms with van der Waals surface area (Å²) in [7, 11) is 0. The number of ketones is 4. The minimum atomic E-state index is -1.32. The summed E-state index contributed by atoms with van der Waals surface area (Å²) in [5.41, 5.74) is -0.676. The third kappa shape index (κ3) is 2.34. The monoisotopic (exact) mass is 338 g/mol. The molecule has 0 amide bonds. The maximum absolute atomic E-state index is 12.7. The standard InChI is InChI=1S/C19H14O6/c1-8(20)14(9(2)21)12-7-13(22)15-16(19(12)25)18(24)11-6-4-3-5-10(11)17(15)23/h3-7,14,22,25H,1-2H3. The number of carbonyl (C=O) groups is 4. The van der Waals surface area contributed by atoms with E-state index in [0.717, 1.165) is 6.07 Å². The van der Waals surface area contributed by atoms with Crippen LogP contribution in [0, 0.1) is 0 Å². The number of benzene rings is 2. The molecule has 6 heteroatoms. The highest BCUT2D eigenvalue weighted by Gasteiger charge is 2.37. The second kappa shape index (κ2) is 5.66. The van der Waals surface area contributed by atoms with E-state index < -0.39 is 40.5 Å². The van der Waals surface area contributed by atoms with E-state index in [1.165, 1.54) is 26.0 Å². The summed E-state index contributed by atoms with van der Waals surface area (Å²) in [6.45, 7) is 2.34. The number of fused-ring (bicyclic) bond motifs is 2. The first-order chi connectivity index (χ1) is 11.8. The topological polar surface area (TPSA) is 109 Å². The molecule has 0 atom stereocenters. The number of Topliss-reactive ketones (excluding diaryl/α,β-unsaturated/α-hetero) is 2. The van der Waals surface area contributed by atoms with Crippen molar-refractivity contribution < 1.29 is 29.4 Å². The third-order valence-corrected chi connectivity index (χ3v) is 4.30. The van der Waals surface area contributed by atoms with Crippen molar-refractivity contribution in [3.05, 3.63) is 58.1 Å². The molecule has 0 unspecified atom stereocenters. The summed E-state index contributed by atoms with van der Waals surface area (Å²) < 4.78 is 0. The van der Waals surface area contributed by atoms with Gasteiger partial charge in [-0.05, 0) is 19.9 Å². The van der Waals surface area contributed by atoms with E-state index in [2.05, 4.69) is 0 Å². The van der Waals surface area contributed by atoms with Gasteiger partial charge < -0.3 is 10.2 Å². The van der Waals surface area contributed by atoms with E-state index in [1.54, 1.807) is 12.1 Å². The molecule has 126 valence electrons. The molecule has 0 aliphatic heterocycles. The molecule has 0 spiro atoms. The summed E-state index contributed by atoms with van der Waals surface area (Å²) >= 11 is 0. The van der Waals surface area contributed by atoms with Crippen molar-refractivity contribution >= 4 is 23.1 Å². The Kier molecular flexibility index (Phi) is 3.75. The van der Waals surface area contributed by atoms with E-state index in [4.69, 9.17) is 0 Å². The predicted molar refractivity (Wildman–Crippen MR) is 87.2 cm³/mol. The largest absolute Gasteiger partial charge is 0.507 e. The zero-order valence-electron chi connectivity index (χ0n) is 13.5. The van der Waals surface area contributed by atoms with Gasteiger partial charge in [-0.15, -0.1) is 0 Å². The van der Waals surface area contributed by atoms with Gasteiger partial charge in [0.25, 0.3) is 0 Å². The number of aromatic hydroxyl groups is 2. The number of phenols is 2. The lowest BCUT2D eigenvalue weighted by molar-refractivity contribution is -0.126. The molecule has 0 saturated heterocycles. The van der Waals surface area contributed by atoms with Crippen LogP contribution in [0.4, 0.5) is 0 Å². The van der Waals surface area contributed by atoms with Gasteiger partial charge in [-0.25, -0.2) is 0 Å². The Bertz CT molecular complexity index is 956. The Hall–Kier alpha value is -3.28. The third-order valence-electron chi connectivity index (χ3n) is 4.30. The summed E-state index contributed by atoms with van der Waals surface area (Å²) in [5, 5.41) is 20.8. The molecule has 0 heterocycles. The van der Waals surface area contributed by atoms with Crippen molar-refractivity contribution in [1.29, 1.82) is 0 Å². The van der Waals surface area contributed by atoms with Gasteiger partial charge in [0.2, 0.25) is 0 Å². The lowest BCUT2D eigenvalue weighted by Gasteiger charge is -2.22. The Morgan fingerprint density at radius 2 is 1.36 bits per heavy atom. The van der Waals surface area contributed by atoms with Crippen LogP contribution < -0.4 is 0 Å².